The number of aryl methyl sites for hydroxylation is 1. The molecule has 0 aliphatic rings. The summed E-state index contributed by atoms with van der Waals surface area (Å²) in [6, 6.07) is 10.0. The molecule has 16 heavy (non-hydrogen) atoms. The van der Waals surface area contributed by atoms with Crippen LogP contribution in [0.5, 0.6) is 0 Å². The molecule has 2 aromatic rings. The molecule has 0 aliphatic carbocycles. The molecule has 2 rings (SSSR count). The van der Waals surface area contributed by atoms with Crippen LogP contribution in [0.1, 0.15) is 11.8 Å². The Labute approximate surface area is 98.3 Å². The molecule has 1 unspecified atom stereocenters. The van der Waals surface area contributed by atoms with E-state index in [1.807, 2.05) is 30.3 Å². The van der Waals surface area contributed by atoms with Gasteiger partial charge >= 0.3 is 0 Å². The Balaban J connectivity index is 1.94. The average Bonchev–Trinajstić information content (AvgIpc) is 2.74. The second-order valence-electron chi connectivity index (χ2n) is 3.42. The van der Waals surface area contributed by atoms with Gasteiger partial charge in [-0.2, -0.15) is 0 Å². The fraction of sp³-hybridized carbons (Fsp3) is 0.273. The van der Waals surface area contributed by atoms with Crippen molar-refractivity contribution < 1.29 is 5.11 Å². The lowest BCUT2D eigenvalue weighted by atomic mass is 10.3. The number of benzene rings is 1. The fourth-order valence-electron chi connectivity index (χ4n) is 1.38. The van der Waals surface area contributed by atoms with Crippen molar-refractivity contribution in [2.24, 2.45) is 7.05 Å². The number of hydrogen-bond acceptors (Lipinski definition) is 4. The van der Waals surface area contributed by atoms with Crippen LogP contribution >= 0.6 is 11.8 Å². The third-order valence-electron chi connectivity index (χ3n) is 2.24. The SMILES string of the molecule is Cn1nncc1C(O)CSc1ccccc1. The molecule has 1 aromatic carbocycles. The molecule has 5 heteroatoms. The maximum absolute atomic E-state index is 9.93. The van der Waals surface area contributed by atoms with Gasteiger partial charge in [0, 0.05) is 17.7 Å². The molecule has 84 valence electrons. The molecular formula is C11H13N3OS. The first kappa shape index (κ1) is 11.2. The molecule has 0 spiro atoms. The Morgan fingerprint density at radius 3 is 2.75 bits per heavy atom. The van der Waals surface area contributed by atoms with Crippen LogP contribution in [0.25, 0.3) is 0 Å². The van der Waals surface area contributed by atoms with Crippen molar-refractivity contribution in [2.45, 2.75) is 11.0 Å². The van der Waals surface area contributed by atoms with Crippen LogP contribution in [0.4, 0.5) is 0 Å². The molecule has 0 bridgehead atoms. The van der Waals surface area contributed by atoms with Crippen LogP contribution in [0.3, 0.4) is 0 Å². The number of thioether (sulfide) groups is 1. The zero-order chi connectivity index (χ0) is 11.4. The minimum atomic E-state index is -0.537. The van der Waals surface area contributed by atoms with Crippen LogP contribution in [0.2, 0.25) is 0 Å². The predicted octanol–water partition coefficient (Wildman–Crippen LogP) is 1.64. The van der Waals surface area contributed by atoms with Crippen LogP contribution < -0.4 is 0 Å². The standard InChI is InChI=1S/C11H13N3OS/c1-14-10(7-12-13-14)11(15)8-16-9-5-3-2-4-6-9/h2-7,11,15H,8H2,1H3. The molecule has 1 N–H and O–H groups in total. The van der Waals surface area contributed by atoms with E-state index in [1.165, 1.54) is 0 Å². The van der Waals surface area contributed by atoms with Crippen LogP contribution in [0.15, 0.2) is 41.4 Å². The fourth-order valence-corrected chi connectivity index (χ4v) is 2.25. The average molecular weight is 235 g/mol. The molecule has 1 aromatic heterocycles. The van der Waals surface area contributed by atoms with Crippen molar-refractivity contribution in [3.63, 3.8) is 0 Å². The summed E-state index contributed by atoms with van der Waals surface area (Å²) < 4.78 is 1.59. The van der Waals surface area contributed by atoms with E-state index in [9.17, 15) is 5.11 Å². The molecule has 0 saturated heterocycles. The first-order valence-electron chi connectivity index (χ1n) is 4.98. The summed E-state index contributed by atoms with van der Waals surface area (Å²) in [5.41, 5.74) is 0.739. The summed E-state index contributed by atoms with van der Waals surface area (Å²) in [6.07, 6.45) is 1.06. The zero-order valence-corrected chi connectivity index (χ0v) is 9.76. The highest BCUT2D eigenvalue weighted by Crippen LogP contribution is 2.23. The normalized spacial score (nSPS) is 12.6. The molecule has 0 aliphatic heterocycles. The lowest BCUT2D eigenvalue weighted by Gasteiger charge is -2.09. The Morgan fingerprint density at radius 2 is 2.12 bits per heavy atom. The van der Waals surface area contributed by atoms with E-state index in [1.54, 1.807) is 29.7 Å². The Kier molecular flexibility index (Phi) is 3.58. The summed E-state index contributed by atoms with van der Waals surface area (Å²) in [4.78, 5) is 1.15. The van der Waals surface area contributed by atoms with E-state index in [4.69, 9.17) is 0 Å². The Hall–Kier alpha value is -1.33. The maximum Gasteiger partial charge on any atom is 0.107 e. The van der Waals surface area contributed by atoms with Gasteiger partial charge in [0.05, 0.1) is 11.9 Å². The lowest BCUT2D eigenvalue weighted by Crippen LogP contribution is -2.07. The van der Waals surface area contributed by atoms with Gasteiger partial charge in [-0.3, -0.25) is 0 Å². The van der Waals surface area contributed by atoms with Crippen LogP contribution in [-0.2, 0) is 7.05 Å². The monoisotopic (exact) mass is 235 g/mol. The summed E-state index contributed by atoms with van der Waals surface area (Å²) in [5.74, 6) is 0.602. The molecule has 0 fully saturated rings. The number of aliphatic hydroxyl groups is 1. The molecule has 1 atom stereocenters. The van der Waals surface area contributed by atoms with Gasteiger partial charge in [0.2, 0.25) is 0 Å². The van der Waals surface area contributed by atoms with E-state index < -0.39 is 6.10 Å². The molecule has 1 heterocycles. The highest BCUT2D eigenvalue weighted by molar-refractivity contribution is 7.99. The second kappa shape index (κ2) is 5.14. The number of rotatable bonds is 4. The number of aliphatic hydroxyl groups excluding tert-OH is 1. The van der Waals surface area contributed by atoms with Crippen molar-refractivity contribution in [3.8, 4) is 0 Å². The smallest absolute Gasteiger partial charge is 0.107 e. The minimum Gasteiger partial charge on any atom is -0.386 e. The van der Waals surface area contributed by atoms with E-state index in [0.29, 0.717) is 5.75 Å². The molecule has 0 radical (unpaired) electrons. The van der Waals surface area contributed by atoms with E-state index in [2.05, 4.69) is 10.3 Å². The second-order valence-corrected chi connectivity index (χ2v) is 4.52. The Morgan fingerprint density at radius 1 is 1.38 bits per heavy atom. The number of nitrogens with zero attached hydrogens (tertiary/aromatic N) is 3. The van der Waals surface area contributed by atoms with Crippen molar-refractivity contribution in [3.05, 3.63) is 42.2 Å². The van der Waals surface area contributed by atoms with Crippen LogP contribution in [-0.4, -0.2) is 25.9 Å². The first-order chi connectivity index (χ1) is 7.77. The summed E-state index contributed by atoms with van der Waals surface area (Å²) in [6.45, 7) is 0. The third-order valence-corrected chi connectivity index (χ3v) is 3.33. The molecule has 0 saturated carbocycles. The summed E-state index contributed by atoms with van der Waals surface area (Å²) in [5, 5.41) is 17.5. The Bertz CT molecular complexity index is 444. The van der Waals surface area contributed by atoms with Gasteiger partial charge in [0.15, 0.2) is 0 Å². The summed E-state index contributed by atoms with van der Waals surface area (Å²) in [7, 11) is 1.78. The highest BCUT2D eigenvalue weighted by Gasteiger charge is 2.12. The van der Waals surface area contributed by atoms with Gasteiger partial charge < -0.3 is 5.11 Å². The molecule has 0 amide bonds. The predicted molar refractivity (Wildman–Crippen MR) is 63.1 cm³/mol. The van der Waals surface area contributed by atoms with Gasteiger partial charge in [0.25, 0.3) is 0 Å². The third kappa shape index (κ3) is 2.62. The number of aromatic nitrogens is 3. The van der Waals surface area contributed by atoms with Crippen LogP contribution in [0, 0.1) is 0 Å². The minimum absolute atomic E-state index is 0.537. The quantitative estimate of drug-likeness (QED) is 0.818. The van der Waals surface area contributed by atoms with E-state index in [0.717, 1.165) is 10.6 Å². The first-order valence-corrected chi connectivity index (χ1v) is 5.96. The van der Waals surface area contributed by atoms with Gasteiger partial charge in [-0.25, -0.2) is 4.68 Å². The van der Waals surface area contributed by atoms with Crippen molar-refractivity contribution in [1.29, 1.82) is 0 Å². The van der Waals surface area contributed by atoms with Gasteiger partial charge in [-0.15, -0.1) is 16.9 Å². The van der Waals surface area contributed by atoms with Gasteiger partial charge in [0.1, 0.15) is 6.10 Å². The van der Waals surface area contributed by atoms with E-state index >= 15 is 0 Å². The number of hydrogen-bond donors (Lipinski definition) is 1. The molecule has 4 nitrogen and oxygen atoms in total. The largest absolute Gasteiger partial charge is 0.386 e. The summed E-state index contributed by atoms with van der Waals surface area (Å²) >= 11 is 1.62. The molecular weight excluding hydrogens is 222 g/mol. The van der Waals surface area contributed by atoms with Gasteiger partial charge in [-0.1, -0.05) is 23.4 Å². The highest BCUT2D eigenvalue weighted by atomic mass is 32.2. The van der Waals surface area contributed by atoms with Gasteiger partial charge in [-0.05, 0) is 12.1 Å². The lowest BCUT2D eigenvalue weighted by molar-refractivity contribution is 0.193. The van der Waals surface area contributed by atoms with Crippen molar-refractivity contribution >= 4 is 11.8 Å². The van der Waals surface area contributed by atoms with E-state index in [-0.39, 0.29) is 0 Å². The topological polar surface area (TPSA) is 50.9 Å². The zero-order valence-electron chi connectivity index (χ0n) is 8.95. The maximum atomic E-state index is 9.93. The van der Waals surface area contributed by atoms with Crippen molar-refractivity contribution in [1.82, 2.24) is 15.0 Å². The van der Waals surface area contributed by atoms with Crippen molar-refractivity contribution in [2.75, 3.05) is 5.75 Å².